The van der Waals surface area contributed by atoms with E-state index in [1.165, 1.54) is 0 Å². The molecule has 142 valence electrons. The molecule has 2 amide bonds. The second-order valence-corrected chi connectivity index (χ2v) is 7.55. The average molecular weight is 406 g/mol. The molecule has 1 aliphatic heterocycles. The molecular weight excluding hydrogens is 385 g/mol. The van der Waals surface area contributed by atoms with Crippen LogP contribution in [0.25, 0.3) is 0 Å². The van der Waals surface area contributed by atoms with Crippen LogP contribution in [0.5, 0.6) is 0 Å². The van der Waals surface area contributed by atoms with Gasteiger partial charge in [0.2, 0.25) is 5.91 Å². The summed E-state index contributed by atoms with van der Waals surface area (Å²) in [6.07, 6.45) is 4.99. The van der Waals surface area contributed by atoms with Gasteiger partial charge in [0.05, 0.1) is 22.0 Å². The fourth-order valence-electron chi connectivity index (χ4n) is 3.23. The Morgan fingerprint density at radius 2 is 2.07 bits per heavy atom. The van der Waals surface area contributed by atoms with Crippen molar-refractivity contribution in [2.24, 2.45) is 5.92 Å². The van der Waals surface area contributed by atoms with Gasteiger partial charge in [-0.1, -0.05) is 29.3 Å². The van der Waals surface area contributed by atoms with Gasteiger partial charge in [0, 0.05) is 31.0 Å². The minimum absolute atomic E-state index is 0.0435. The minimum Gasteiger partial charge on any atom is -0.349 e. The maximum Gasteiger partial charge on any atom is 0.253 e. The molecule has 2 unspecified atom stereocenters. The Balaban J connectivity index is 1.63. The zero-order chi connectivity index (χ0) is 19.4. The van der Waals surface area contributed by atoms with Crippen LogP contribution in [0.3, 0.4) is 0 Å². The van der Waals surface area contributed by atoms with E-state index in [-0.39, 0.29) is 23.8 Å². The number of hydrogen-bond acceptors (Lipinski definition) is 3. The van der Waals surface area contributed by atoms with Crippen molar-refractivity contribution in [3.05, 3.63) is 63.9 Å². The maximum absolute atomic E-state index is 12.8. The monoisotopic (exact) mass is 405 g/mol. The molecule has 5 nitrogen and oxygen atoms in total. The van der Waals surface area contributed by atoms with E-state index in [0.29, 0.717) is 28.7 Å². The summed E-state index contributed by atoms with van der Waals surface area (Å²) in [6, 6.07) is 8.48. The van der Waals surface area contributed by atoms with Crippen LogP contribution in [0.15, 0.2) is 42.7 Å². The van der Waals surface area contributed by atoms with Crippen LogP contribution in [0.4, 0.5) is 0 Å². The standard InChI is InChI=1S/C20H21Cl2N3O2/c1-13(15-4-2-8-23-11-15)24-19(26)16-5-3-9-25(12-16)20(27)14-6-7-17(21)18(22)10-14/h2,4,6-8,10-11,13,16H,3,5,9,12H2,1H3,(H,24,26). The number of hydrogen-bond donors (Lipinski definition) is 1. The summed E-state index contributed by atoms with van der Waals surface area (Å²) < 4.78 is 0. The Kier molecular flexibility index (Phi) is 6.34. The van der Waals surface area contributed by atoms with Crippen LogP contribution in [0, 0.1) is 5.92 Å². The van der Waals surface area contributed by atoms with Gasteiger partial charge in [-0.2, -0.15) is 0 Å². The summed E-state index contributed by atoms with van der Waals surface area (Å²) in [5.74, 6) is -0.408. The largest absolute Gasteiger partial charge is 0.349 e. The van der Waals surface area contributed by atoms with Crippen molar-refractivity contribution in [1.82, 2.24) is 15.2 Å². The van der Waals surface area contributed by atoms with Crippen molar-refractivity contribution >= 4 is 35.0 Å². The number of rotatable bonds is 4. The first kappa shape index (κ1) is 19.6. The average Bonchev–Trinajstić information content (AvgIpc) is 2.70. The first-order valence-corrected chi connectivity index (χ1v) is 9.66. The van der Waals surface area contributed by atoms with E-state index in [4.69, 9.17) is 23.2 Å². The molecule has 7 heteroatoms. The molecule has 2 aromatic rings. The van der Waals surface area contributed by atoms with Gasteiger partial charge in [-0.15, -0.1) is 0 Å². The predicted octanol–water partition coefficient (Wildman–Crippen LogP) is 4.12. The van der Waals surface area contributed by atoms with Crippen LogP contribution in [0.1, 0.15) is 41.7 Å². The smallest absolute Gasteiger partial charge is 0.253 e. The zero-order valence-corrected chi connectivity index (χ0v) is 16.5. The van der Waals surface area contributed by atoms with Crippen molar-refractivity contribution in [2.45, 2.75) is 25.8 Å². The molecule has 0 spiro atoms. The Morgan fingerprint density at radius 1 is 1.26 bits per heavy atom. The third-order valence-electron chi connectivity index (χ3n) is 4.79. The Labute approximate surface area is 168 Å². The Morgan fingerprint density at radius 3 is 2.78 bits per heavy atom. The molecule has 0 aliphatic carbocycles. The van der Waals surface area contributed by atoms with Crippen molar-refractivity contribution in [1.29, 1.82) is 0 Å². The summed E-state index contributed by atoms with van der Waals surface area (Å²) in [6.45, 7) is 2.95. The fourth-order valence-corrected chi connectivity index (χ4v) is 3.53. The van der Waals surface area contributed by atoms with E-state index in [1.54, 1.807) is 35.5 Å². The van der Waals surface area contributed by atoms with E-state index in [1.807, 2.05) is 19.1 Å². The van der Waals surface area contributed by atoms with E-state index in [9.17, 15) is 9.59 Å². The van der Waals surface area contributed by atoms with Gasteiger partial charge in [-0.05, 0) is 49.6 Å². The molecule has 1 saturated heterocycles. The summed E-state index contributed by atoms with van der Waals surface area (Å²) >= 11 is 11.9. The van der Waals surface area contributed by atoms with Gasteiger partial charge in [0.15, 0.2) is 0 Å². The molecule has 1 N–H and O–H groups in total. The summed E-state index contributed by atoms with van der Waals surface area (Å²) in [5, 5.41) is 3.78. The van der Waals surface area contributed by atoms with Crippen molar-refractivity contribution in [3.8, 4) is 0 Å². The summed E-state index contributed by atoms with van der Waals surface area (Å²) in [5.41, 5.74) is 1.43. The lowest BCUT2D eigenvalue weighted by molar-refractivity contribution is -0.127. The van der Waals surface area contributed by atoms with E-state index < -0.39 is 0 Å². The van der Waals surface area contributed by atoms with Crippen LogP contribution in [0.2, 0.25) is 10.0 Å². The van der Waals surface area contributed by atoms with Gasteiger partial charge in [0.1, 0.15) is 0 Å². The van der Waals surface area contributed by atoms with Crippen LogP contribution >= 0.6 is 23.2 Å². The number of likely N-dealkylation sites (tertiary alicyclic amines) is 1. The molecule has 1 aromatic heterocycles. The summed E-state index contributed by atoms with van der Waals surface area (Å²) in [4.78, 5) is 31.2. The molecule has 1 aromatic carbocycles. The number of carbonyl (C=O) groups excluding carboxylic acids is 2. The molecule has 0 bridgehead atoms. The molecule has 1 aliphatic rings. The van der Waals surface area contributed by atoms with Crippen molar-refractivity contribution in [3.63, 3.8) is 0 Å². The molecule has 3 rings (SSSR count). The second kappa shape index (κ2) is 8.72. The normalized spacial score (nSPS) is 18.0. The third kappa shape index (κ3) is 4.79. The van der Waals surface area contributed by atoms with Gasteiger partial charge >= 0.3 is 0 Å². The Bertz CT molecular complexity index is 829. The molecule has 0 saturated carbocycles. The SMILES string of the molecule is CC(NC(=O)C1CCCN(C(=O)c2ccc(Cl)c(Cl)c2)C1)c1cccnc1. The number of piperidine rings is 1. The minimum atomic E-state index is -0.232. The molecule has 0 radical (unpaired) electrons. The second-order valence-electron chi connectivity index (χ2n) is 6.74. The number of aromatic nitrogens is 1. The lowest BCUT2D eigenvalue weighted by atomic mass is 9.96. The third-order valence-corrected chi connectivity index (χ3v) is 5.53. The topological polar surface area (TPSA) is 62.3 Å². The maximum atomic E-state index is 12.8. The van der Waals surface area contributed by atoms with E-state index in [2.05, 4.69) is 10.3 Å². The van der Waals surface area contributed by atoms with Gasteiger partial charge in [0.25, 0.3) is 5.91 Å². The van der Waals surface area contributed by atoms with Gasteiger partial charge in [-0.3, -0.25) is 14.6 Å². The van der Waals surface area contributed by atoms with Crippen LogP contribution in [-0.4, -0.2) is 34.8 Å². The zero-order valence-electron chi connectivity index (χ0n) is 15.0. The number of nitrogens with one attached hydrogen (secondary N) is 1. The first-order chi connectivity index (χ1) is 13.0. The van der Waals surface area contributed by atoms with Gasteiger partial charge in [-0.25, -0.2) is 0 Å². The molecule has 1 fully saturated rings. The molecule has 27 heavy (non-hydrogen) atoms. The van der Waals surface area contributed by atoms with Gasteiger partial charge < -0.3 is 10.2 Å². The van der Waals surface area contributed by atoms with Crippen molar-refractivity contribution < 1.29 is 9.59 Å². The van der Waals surface area contributed by atoms with Crippen LogP contribution < -0.4 is 5.32 Å². The molecule has 2 heterocycles. The van der Waals surface area contributed by atoms with Crippen molar-refractivity contribution in [2.75, 3.05) is 13.1 Å². The number of nitrogens with zero attached hydrogens (tertiary/aromatic N) is 2. The lowest BCUT2D eigenvalue weighted by Gasteiger charge is -2.32. The number of amides is 2. The van der Waals surface area contributed by atoms with Crippen LogP contribution in [-0.2, 0) is 4.79 Å². The van der Waals surface area contributed by atoms with E-state index in [0.717, 1.165) is 18.4 Å². The number of benzene rings is 1. The quantitative estimate of drug-likeness (QED) is 0.831. The number of halogens is 2. The highest BCUT2D eigenvalue weighted by Crippen LogP contribution is 2.25. The Hall–Kier alpha value is -2.11. The number of carbonyl (C=O) groups is 2. The van der Waals surface area contributed by atoms with E-state index >= 15 is 0 Å². The predicted molar refractivity (Wildman–Crippen MR) is 106 cm³/mol. The highest BCUT2D eigenvalue weighted by molar-refractivity contribution is 6.42. The first-order valence-electron chi connectivity index (χ1n) is 8.90. The number of pyridine rings is 1. The molecule has 2 atom stereocenters. The highest BCUT2D eigenvalue weighted by Gasteiger charge is 2.29. The molecular formula is C20H21Cl2N3O2. The fraction of sp³-hybridized carbons (Fsp3) is 0.350. The summed E-state index contributed by atoms with van der Waals surface area (Å²) in [7, 11) is 0. The highest BCUT2D eigenvalue weighted by atomic mass is 35.5. The lowest BCUT2D eigenvalue weighted by Crippen LogP contribution is -2.45.